The zero-order valence-electron chi connectivity index (χ0n) is 8.43. The minimum absolute atomic E-state index is 0.363. The zero-order chi connectivity index (χ0) is 11.6. The smallest absolute Gasteiger partial charge is 0.311 e. The Kier molecular flexibility index (Phi) is 2.92. The molecular formula is C9H12N2O4. The van der Waals surface area contributed by atoms with E-state index in [2.05, 4.69) is 0 Å². The topological polar surface area (TPSA) is 98.6 Å². The molecule has 0 radical (unpaired) electrons. The van der Waals surface area contributed by atoms with Gasteiger partial charge in [-0.1, -0.05) is 6.07 Å². The van der Waals surface area contributed by atoms with E-state index in [0.717, 1.165) is 0 Å². The predicted molar refractivity (Wildman–Crippen MR) is 53.1 cm³/mol. The normalized spacial score (nSPS) is 11.4. The van der Waals surface area contributed by atoms with Gasteiger partial charge >= 0.3 is 5.69 Å². The van der Waals surface area contributed by atoms with Crippen LogP contribution in [0.25, 0.3) is 0 Å². The van der Waals surface area contributed by atoms with Gasteiger partial charge in [-0.2, -0.15) is 0 Å². The highest BCUT2D eigenvalue weighted by Gasteiger charge is 2.24. The van der Waals surface area contributed by atoms with Crippen molar-refractivity contribution in [2.45, 2.75) is 19.4 Å². The number of nitro groups is 1. The highest BCUT2D eigenvalue weighted by molar-refractivity contribution is 5.48. The summed E-state index contributed by atoms with van der Waals surface area (Å²) in [6, 6.07) is 4.01. The van der Waals surface area contributed by atoms with Gasteiger partial charge in [-0.15, -0.1) is 0 Å². The molecule has 3 N–H and O–H groups in total. The van der Waals surface area contributed by atoms with Crippen LogP contribution in [0.3, 0.4) is 0 Å². The number of hydrogen-bond donors (Lipinski definition) is 2. The average Bonchev–Trinajstić information content (AvgIpc) is 2.17. The fourth-order valence-corrected chi connectivity index (χ4v) is 1.11. The molecule has 6 heteroatoms. The van der Waals surface area contributed by atoms with Gasteiger partial charge in [0.1, 0.15) is 5.60 Å². The van der Waals surface area contributed by atoms with Crippen LogP contribution in [0.2, 0.25) is 0 Å². The lowest BCUT2D eigenvalue weighted by Crippen LogP contribution is -2.25. The maximum atomic E-state index is 10.6. The van der Waals surface area contributed by atoms with Crippen molar-refractivity contribution in [1.29, 1.82) is 0 Å². The summed E-state index contributed by atoms with van der Waals surface area (Å²) < 4.78 is 0. The van der Waals surface area contributed by atoms with E-state index in [4.69, 9.17) is 10.7 Å². The van der Waals surface area contributed by atoms with Gasteiger partial charge in [0, 0.05) is 6.07 Å². The molecule has 0 fully saturated rings. The molecule has 1 aromatic rings. The predicted octanol–water partition coefficient (Wildman–Crippen LogP) is 1.43. The second kappa shape index (κ2) is 3.84. The van der Waals surface area contributed by atoms with Crippen LogP contribution in [-0.4, -0.2) is 10.0 Å². The lowest BCUT2D eigenvalue weighted by molar-refractivity contribution is -0.386. The maximum absolute atomic E-state index is 10.6. The molecule has 0 aromatic heterocycles. The van der Waals surface area contributed by atoms with Crippen LogP contribution in [-0.2, 0) is 10.4 Å². The Morgan fingerprint density at radius 1 is 1.53 bits per heavy atom. The first-order valence-corrected chi connectivity index (χ1v) is 4.24. The molecular weight excluding hydrogens is 200 g/mol. The molecule has 1 rings (SSSR count). The molecule has 15 heavy (non-hydrogen) atoms. The van der Waals surface area contributed by atoms with Gasteiger partial charge in [0.15, 0.2) is 5.75 Å². The molecule has 0 spiro atoms. The van der Waals surface area contributed by atoms with Gasteiger partial charge in [0.05, 0.1) is 4.92 Å². The van der Waals surface area contributed by atoms with Crippen molar-refractivity contribution in [1.82, 2.24) is 0 Å². The summed E-state index contributed by atoms with van der Waals surface area (Å²) in [4.78, 5) is 14.6. The van der Waals surface area contributed by atoms with Gasteiger partial charge in [-0.3, -0.25) is 15.0 Å². The van der Waals surface area contributed by atoms with Crippen LogP contribution in [0.5, 0.6) is 5.75 Å². The second-order valence-corrected chi connectivity index (χ2v) is 3.59. The standard InChI is InChI=1S/C9H12N2O4/c1-9(2,15-10)6-3-4-8(12)7(5-6)11(13)14/h3-5,12H,10H2,1-2H3. The summed E-state index contributed by atoms with van der Waals surface area (Å²) >= 11 is 0. The van der Waals surface area contributed by atoms with E-state index in [1.807, 2.05) is 0 Å². The number of aromatic hydroxyl groups is 1. The van der Waals surface area contributed by atoms with Crippen LogP contribution >= 0.6 is 0 Å². The third-order valence-electron chi connectivity index (χ3n) is 2.16. The van der Waals surface area contributed by atoms with Crippen LogP contribution in [0, 0.1) is 10.1 Å². The summed E-state index contributed by atoms with van der Waals surface area (Å²) in [5, 5.41) is 19.8. The summed E-state index contributed by atoms with van der Waals surface area (Å²) in [6.45, 7) is 3.34. The van der Waals surface area contributed by atoms with E-state index in [0.29, 0.717) is 5.56 Å². The number of phenolic OH excluding ortho intramolecular Hbond substituents is 1. The van der Waals surface area contributed by atoms with Crippen LogP contribution in [0.1, 0.15) is 19.4 Å². The highest BCUT2D eigenvalue weighted by Crippen LogP contribution is 2.32. The number of rotatable bonds is 3. The molecule has 82 valence electrons. The quantitative estimate of drug-likeness (QED) is 0.583. The largest absolute Gasteiger partial charge is 0.502 e. The molecule has 1 aromatic carbocycles. The summed E-state index contributed by atoms with van der Waals surface area (Å²) in [5.74, 6) is 4.69. The minimum Gasteiger partial charge on any atom is -0.502 e. The Morgan fingerprint density at radius 2 is 2.13 bits per heavy atom. The Balaban J connectivity index is 3.25. The van der Waals surface area contributed by atoms with Crippen molar-refractivity contribution in [3.05, 3.63) is 33.9 Å². The van der Waals surface area contributed by atoms with Gasteiger partial charge < -0.3 is 5.11 Å². The molecule has 0 saturated heterocycles. The number of nitrogens with two attached hydrogens (primary N) is 1. The molecule has 0 amide bonds. The van der Waals surface area contributed by atoms with E-state index in [-0.39, 0.29) is 11.4 Å². The Bertz CT molecular complexity index is 390. The first-order valence-electron chi connectivity index (χ1n) is 4.24. The van der Waals surface area contributed by atoms with Crippen LogP contribution in [0.4, 0.5) is 5.69 Å². The van der Waals surface area contributed by atoms with Crippen molar-refractivity contribution in [2.75, 3.05) is 0 Å². The molecule has 0 atom stereocenters. The van der Waals surface area contributed by atoms with Crippen LogP contribution < -0.4 is 5.90 Å². The fraction of sp³-hybridized carbons (Fsp3) is 0.333. The van der Waals surface area contributed by atoms with Crippen LogP contribution in [0.15, 0.2) is 18.2 Å². The van der Waals surface area contributed by atoms with E-state index in [9.17, 15) is 15.2 Å². The third kappa shape index (κ3) is 2.23. The number of nitrogens with zero attached hydrogens (tertiary/aromatic N) is 1. The Labute approximate surface area is 86.4 Å². The lowest BCUT2D eigenvalue weighted by atomic mass is 9.97. The van der Waals surface area contributed by atoms with Crippen molar-refractivity contribution < 1.29 is 14.9 Å². The minimum atomic E-state index is -0.835. The van der Waals surface area contributed by atoms with Gasteiger partial charge in [-0.25, -0.2) is 5.90 Å². The summed E-state index contributed by atoms with van der Waals surface area (Å²) in [6.07, 6.45) is 0. The number of benzene rings is 1. The van der Waals surface area contributed by atoms with Crippen molar-refractivity contribution in [3.8, 4) is 5.75 Å². The molecule has 0 aliphatic carbocycles. The second-order valence-electron chi connectivity index (χ2n) is 3.59. The van der Waals surface area contributed by atoms with Crippen molar-refractivity contribution in [2.24, 2.45) is 5.90 Å². The van der Waals surface area contributed by atoms with E-state index in [1.54, 1.807) is 13.8 Å². The molecule has 0 aliphatic heterocycles. The van der Waals surface area contributed by atoms with Crippen molar-refractivity contribution in [3.63, 3.8) is 0 Å². The zero-order valence-corrected chi connectivity index (χ0v) is 8.43. The third-order valence-corrected chi connectivity index (χ3v) is 2.16. The number of phenols is 1. The highest BCUT2D eigenvalue weighted by atomic mass is 16.6. The Morgan fingerprint density at radius 3 is 2.60 bits per heavy atom. The van der Waals surface area contributed by atoms with Gasteiger partial charge in [0.25, 0.3) is 0 Å². The fourth-order valence-electron chi connectivity index (χ4n) is 1.11. The lowest BCUT2D eigenvalue weighted by Gasteiger charge is -2.21. The average molecular weight is 212 g/mol. The monoisotopic (exact) mass is 212 g/mol. The molecule has 0 aliphatic rings. The molecule has 0 saturated carbocycles. The van der Waals surface area contributed by atoms with Gasteiger partial charge in [-0.05, 0) is 25.5 Å². The first kappa shape index (κ1) is 11.4. The molecule has 0 heterocycles. The summed E-state index contributed by atoms with van der Waals surface area (Å²) in [5.41, 5.74) is -0.675. The molecule has 0 bridgehead atoms. The summed E-state index contributed by atoms with van der Waals surface area (Å²) in [7, 11) is 0. The molecule has 6 nitrogen and oxygen atoms in total. The Hall–Kier alpha value is -1.66. The van der Waals surface area contributed by atoms with Gasteiger partial charge in [0.2, 0.25) is 0 Å². The maximum Gasteiger partial charge on any atom is 0.311 e. The van der Waals surface area contributed by atoms with E-state index in [1.165, 1.54) is 18.2 Å². The van der Waals surface area contributed by atoms with E-state index >= 15 is 0 Å². The first-order chi connectivity index (χ1) is 6.88. The van der Waals surface area contributed by atoms with Crippen molar-refractivity contribution >= 4 is 5.69 Å². The number of hydrogen-bond acceptors (Lipinski definition) is 5. The van der Waals surface area contributed by atoms with E-state index < -0.39 is 10.5 Å². The number of nitro benzene ring substituents is 1. The SMILES string of the molecule is CC(C)(ON)c1ccc(O)c([N+](=O)[O-])c1. The molecule has 0 unspecified atom stereocenters.